The molecule has 0 spiro atoms. The average Bonchev–Trinajstić information content (AvgIpc) is 3.21. The van der Waals surface area contributed by atoms with Crippen molar-refractivity contribution < 1.29 is 13.2 Å². The fraction of sp³-hybridized carbons (Fsp3) is 0.593. The van der Waals surface area contributed by atoms with Crippen LogP contribution < -0.4 is 10.3 Å². The van der Waals surface area contributed by atoms with Crippen molar-refractivity contribution in [3.63, 3.8) is 0 Å². The second-order valence-electron chi connectivity index (χ2n) is 10.8. The molecule has 1 aliphatic carbocycles. The molecule has 0 bridgehead atoms. The minimum Gasteiger partial charge on any atom is -0.493 e. The van der Waals surface area contributed by atoms with Gasteiger partial charge in [-0.25, -0.2) is 13.4 Å². The van der Waals surface area contributed by atoms with Gasteiger partial charge in [0.15, 0.2) is 15.4 Å². The maximum Gasteiger partial charge on any atom is 0.277 e. The third-order valence-electron chi connectivity index (χ3n) is 7.14. The lowest BCUT2D eigenvalue weighted by Crippen LogP contribution is -2.25. The van der Waals surface area contributed by atoms with E-state index in [1.165, 1.54) is 18.6 Å². The number of hydrogen-bond acceptors (Lipinski definition) is 6. The molecule has 1 aromatic carbocycles. The Hall–Kier alpha value is -2.68. The maximum atomic E-state index is 13.5. The van der Waals surface area contributed by atoms with Crippen molar-refractivity contribution in [2.75, 3.05) is 12.9 Å². The zero-order valence-corrected chi connectivity index (χ0v) is 23.0. The first-order valence-electron chi connectivity index (χ1n) is 13.0. The molecule has 1 fully saturated rings. The van der Waals surface area contributed by atoms with Crippen LogP contribution in [-0.4, -0.2) is 41.0 Å². The van der Waals surface area contributed by atoms with Crippen LogP contribution in [0.2, 0.25) is 0 Å². The Kier molecular flexibility index (Phi) is 7.59. The minimum atomic E-state index is -3.46. The lowest BCUT2D eigenvalue weighted by Gasteiger charge is -2.31. The average molecular weight is 515 g/mol. The van der Waals surface area contributed by atoms with Crippen molar-refractivity contribution in [2.24, 2.45) is 17.8 Å². The van der Waals surface area contributed by atoms with Crippen molar-refractivity contribution in [1.29, 1.82) is 0 Å². The Morgan fingerprint density at radius 1 is 1.19 bits per heavy atom. The van der Waals surface area contributed by atoms with Gasteiger partial charge in [-0.2, -0.15) is 5.10 Å². The van der Waals surface area contributed by atoms with E-state index >= 15 is 0 Å². The van der Waals surface area contributed by atoms with Gasteiger partial charge in [0.1, 0.15) is 17.1 Å². The van der Waals surface area contributed by atoms with Crippen molar-refractivity contribution in [3.8, 4) is 17.1 Å². The van der Waals surface area contributed by atoms with Crippen LogP contribution in [-0.2, 0) is 16.3 Å². The van der Waals surface area contributed by atoms with E-state index in [0.29, 0.717) is 47.2 Å². The third-order valence-corrected chi connectivity index (χ3v) is 8.25. The molecule has 0 aliphatic heterocycles. The molecule has 8 nitrogen and oxygen atoms in total. The summed E-state index contributed by atoms with van der Waals surface area (Å²) in [6.07, 6.45) is 6.13. The molecule has 2 aromatic heterocycles. The largest absolute Gasteiger partial charge is 0.493 e. The number of sulfone groups is 1. The zero-order chi connectivity index (χ0) is 26.2. The van der Waals surface area contributed by atoms with Crippen molar-refractivity contribution in [2.45, 2.75) is 77.7 Å². The van der Waals surface area contributed by atoms with Crippen LogP contribution in [0.4, 0.5) is 0 Å². The number of rotatable bonds is 8. The quantitative estimate of drug-likeness (QED) is 0.444. The number of ether oxygens (including phenoxy) is 1. The molecular weight excluding hydrogens is 476 g/mol. The second-order valence-corrected chi connectivity index (χ2v) is 12.8. The smallest absolute Gasteiger partial charge is 0.277 e. The van der Waals surface area contributed by atoms with Crippen LogP contribution >= 0.6 is 0 Å². The number of aryl methyl sites for hydroxylation is 1. The molecule has 4 rings (SSSR count). The highest BCUT2D eigenvalue weighted by Crippen LogP contribution is 2.38. The number of benzene rings is 1. The SMILES string of the molecule is CCc1nn(C2CCC[C@@H](C(C)C)C2)c2c(=O)[nH]c(-c3cc(S(C)(=O)=O)ccc3OCC(C)C)nc12. The van der Waals surface area contributed by atoms with Gasteiger partial charge in [0, 0.05) is 6.26 Å². The second kappa shape index (κ2) is 10.4. The van der Waals surface area contributed by atoms with Crippen molar-refractivity contribution in [3.05, 3.63) is 34.2 Å². The highest BCUT2D eigenvalue weighted by Gasteiger charge is 2.29. The van der Waals surface area contributed by atoms with Crippen LogP contribution in [0, 0.1) is 17.8 Å². The molecule has 1 saturated carbocycles. The molecular formula is C27H38N4O4S. The molecule has 196 valence electrons. The number of hydrogen-bond donors (Lipinski definition) is 1. The van der Waals surface area contributed by atoms with E-state index in [2.05, 4.69) is 18.8 Å². The summed E-state index contributed by atoms with van der Waals surface area (Å²) in [5.41, 5.74) is 2.02. The predicted octanol–water partition coefficient (Wildman–Crippen LogP) is 5.17. The standard InChI is InChI=1S/C27H38N4O4S/c1-7-22-24-25(31(30-22)19-10-8-9-18(13-19)17(4)5)27(32)29-26(28-24)21-14-20(36(6,33)34)11-12-23(21)35-15-16(2)3/h11-12,14,16-19H,7-10,13,15H2,1-6H3,(H,28,29,32)/t18-,19?/m1/s1. The molecule has 2 heterocycles. The first kappa shape index (κ1) is 26.4. The van der Waals surface area contributed by atoms with Gasteiger partial charge in [-0.15, -0.1) is 0 Å². The first-order valence-corrected chi connectivity index (χ1v) is 14.9. The summed E-state index contributed by atoms with van der Waals surface area (Å²) in [4.78, 5) is 21.4. The number of nitrogens with one attached hydrogen (secondary N) is 1. The van der Waals surface area contributed by atoms with Crippen molar-refractivity contribution in [1.82, 2.24) is 19.7 Å². The van der Waals surface area contributed by atoms with E-state index in [9.17, 15) is 13.2 Å². The molecule has 2 atom stereocenters. The molecule has 0 saturated heterocycles. The van der Waals surface area contributed by atoms with Gasteiger partial charge in [-0.3, -0.25) is 9.48 Å². The number of fused-ring (bicyclic) bond motifs is 1. The lowest BCUT2D eigenvalue weighted by atomic mass is 9.79. The number of H-pyrrole nitrogens is 1. The monoisotopic (exact) mass is 514 g/mol. The summed E-state index contributed by atoms with van der Waals surface area (Å²) in [7, 11) is -3.46. The van der Waals surface area contributed by atoms with Gasteiger partial charge in [0.25, 0.3) is 5.56 Å². The molecule has 1 aliphatic rings. The van der Waals surface area contributed by atoms with Crippen LogP contribution in [0.3, 0.4) is 0 Å². The zero-order valence-electron chi connectivity index (χ0n) is 22.2. The topological polar surface area (TPSA) is 107 Å². The Bertz CT molecular complexity index is 1410. The number of aromatic amines is 1. The van der Waals surface area contributed by atoms with Crippen LogP contribution in [0.5, 0.6) is 5.75 Å². The molecule has 3 aromatic rings. The summed E-state index contributed by atoms with van der Waals surface area (Å²) in [6.45, 7) is 11.1. The summed E-state index contributed by atoms with van der Waals surface area (Å²) < 4.78 is 32.4. The number of nitrogens with zero attached hydrogens (tertiary/aromatic N) is 3. The van der Waals surface area contributed by atoms with E-state index in [1.54, 1.807) is 6.07 Å². The van der Waals surface area contributed by atoms with E-state index in [4.69, 9.17) is 14.8 Å². The number of aromatic nitrogens is 4. The molecule has 9 heteroatoms. The fourth-order valence-electron chi connectivity index (χ4n) is 5.07. The van der Waals surface area contributed by atoms with Crippen molar-refractivity contribution >= 4 is 20.9 Å². The lowest BCUT2D eigenvalue weighted by molar-refractivity contribution is 0.210. The highest BCUT2D eigenvalue weighted by atomic mass is 32.2. The summed E-state index contributed by atoms with van der Waals surface area (Å²) in [5.74, 6) is 2.25. The Morgan fingerprint density at radius 2 is 1.94 bits per heavy atom. The Morgan fingerprint density at radius 3 is 2.58 bits per heavy atom. The van der Waals surface area contributed by atoms with E-state index in [1.807, 2.05) is 25.5 Å². The summed E-state index contributed by atoms with van der Waals surface area (Å²) in [5, 5.41) is 4.87. The summed E-state index contributed by atoms with van der Waals surface area (Å²) in [6, 6.07) is 4.85. The Labute approximate surface area is 213 Å². The molecule has 0 amide bonds. The Balaban J connectivity index is 1.86. The van der Waals surface area contributed by atoms with Crippen LogP contribution in [0.1, 0.15) is 72.0 Å². The third kappa shape index (κ3) is 5.36. The predicted molar refractivity (Wildman–Crippen MR) is 142 cm³/mol. The molecule has 1 N–H and O–H groups in total. The first-order chi connectivity index (χ1) is 17.0. The minimum absolute atomic E-state index is 0.144. The van der Waals surface area contributed by atoms with Gasteiger partial charge >= 0.3 is 0 Å². The normalized spacial score (nSPS) is 18.9. The molecule has 0 radical (unpaired) electrons. The fourth-order valence-corrected chi connectivity index (χ4v) is 5.72. The van der Waals surface area contributed by atoms with Crippen LogP contribution in [0.15, 0.2) is 27.9 Å². The van der Waals surface area contributed by atoms with Gasteiger partial charge in [-0.05, 0) is 55.2 Å². The van der Waals surface area contributed by atoms with E-state index in [-0.39, 0.29) is 28.2 Å². The van der Waals surface area contributed by atoms with E-state index in [0.717, 1.165) is 31.2 Å². The molecule has 36 heavy (non-hydrogen) atoms. The van der Waals surface area contributed by atoms with Gasteiger partial charge in [-0.1, -0.05) is 47.5 Å². The summed E-state index contributed by atoms with van der Waals surface area (Å²) >= 11 is 0. The van der Waals surface area contributed by atoms with Crippen LogP contribution in [0.25, 0.3) is 22.4 Å². The van der Waals surface area contributed by atoms with Gasteiger partial charge in [0.05, 0.1) is 28.8 Å². The molecule has 1 unspecified atom stereocenters. The highest BCUT2D eigenvalue weighted by molar-refractivity contribution is 7.90. The van der Waals surface area contributed by atoms with E-state index < -0.39 is 9.84 Å². The van der Waals surface area contributed by atoms with Gasteiger partial charge in [0.2, 0.25) is 0 Å². The van der Waals surface area contributed by atoms with Gasteiger partial charge < -0.3 is 9.72 Å². The maximum absolute atomic E-state index is 13.5.